The van der Waals surface area contributed by atoms with E-state index in [1.807, 2.05) is 0 Å². The number of para-hydroxylation sites is 1. The zero-order valence-electron chi connectivity index (χ0n) is 15.5. The number of anilines is 1. The standard InChI is InChI=1S/C18H20N2O7S/c1-25-15-9-8-12(10-16(15)26-2)28(23,24)19-11-17(21)20-14-7-5-4-6-13(14)18(22)27-3/h4-10,19H,11H2,1-3H3,(H,20,21). The molecular formula is C18H20N2O7S. The normalized spacial score (nSPS) is 10.8. The molecule has 2 aromatic carbocycles. The predicted molar refractivity (Wildman–Crippen MR) is 101 cm³/mol. The van der Waals surface area contributed by atoms with Crippen molar-refractivity contribution in [1.82, 2.24) is 4.72 Å². The third kappa shape index (κ3) is 4.99. The minimum Gasteiger partial charge on any atom is -0.493 e. The Morgan fingerprint density at radius 2 is 1.64 bits per heavy atom. The molecule has 0 aliphatic carbocycles. The highest BCUT2D eigenvalue weighted by Crippen LogP contribution is 2.29. The van der Waals surface area contributed by atoms with Crippen LogP contribution in [0.25, 0.3) is 0 Å². The second-order valence-electron chi connectivity index (χ2n) is 5.43. The lowest BCUT2D eigenvalue weighted by atomic mass is 10.2. The predicted octanol–water partition coefficient (Wildman–Crippen LogP) is 1.41. The lowest BCUT2D eigenvalue weighted by Crippen LogP contribution is -2.33. The largest absolute Gasteiger partial charge is 0.493 e. The molecule has 0 spiro atoms. The van der Waals surface area contributed by atoms with E-state index >= 15 is 0 Å². The fraction of sp³-hybridized carbons (Fsp3) is 0.222. The lowest BCUT2D eigenvalue weighted by Gasteiger charge is -2.12. The van der Waals surface area contributed by atoms with E-state index in [2.05, 4.69) is 14.8 Å². The van der Waals surface area contributed by atoms with Crippen molar-refractivity contribution < 1.29 is 32.2 Å². The van der Waals surface area contributed by atoms with E-state index in [9.17, 15) is 18.0 Å². The van der Waals surface area contributed by atoms with Crippen LogP contribution in [0.3, 0.4) is 0 Å². The van der Waals surface area contributed by atoms with Crippen molar-refractivity contribution in [3.05, 3.63) is 48.0 Å². The van der Waals surface area contributed by atoms with Gasteiger partial charge in [-0.15, -0.1) is 0 Å². The van der Waals surface area contributed by atoms with Gasteiger partial charge < -0.3 is 19.5 Å². The molecule has 2 aromatic rings. The first-order valence-electron chi connectivity index (χ1n) is 8.01. The molecule has 0 aromatic heterocycles. The molecule has 2 rings (SSSR count). The molecule has 0 saturated heterocycles. The molecule has 0 atom stereocenters. The molecule has 0 saturated carbocycles. The van der Waals surface area contributed by atoms with Crippen molar-refractivity contribution in [2.24, 2.45) is 0 Å². The van der Waals surface area contributed by atoms with E-state index in [1.165, 1.54) is 51.7 Å². The Morgan fingerprint density at radius 1 is 0.964 bits per heavy atom. The van der Waals surface area contributed by atoms with E-state index < -0.39 is 28.4 Å². The SMILES string of the molecule is COC(=O)c1ccccc1NC(=O)CNS(=O)(=O)c1ccc(OC)c(OC)c1. The van der Waals surface area contributed by atoms with Crippen LogP contribution in [-0.4, -0.2) is 48.2 Å². The second-order valence-corrected chi connectivity index (χ2v) is 7.19. The third-order valence-electron chi connectivity index (χ3n) is 3.69. The summed E-state index contributed by atoms with van der Waals surface area (Å²) in [4.78, 5) is 23.8. The molecule has 0 aliphatic rings. The summed E-state index contributed by atoms with van der Waals surface area (Å²) in [6, 6.07) is 10.3. The van der Waals surface area contributed by atoms with E-state index in [4.69, 9.17) is 9.47 Å². The van der Waals surface area contributed by atoms with Crippen LogP contribution in [0.5, 0.6) is 11.5 Å². The number of hydrogen-bond donors (Lipinski definition) is 2. The molecule has 2 N–H and O–H groups in total. The minimum atomic E-state index is -3.97. The first-order chi connectivity index (χ1) is 13.3. The highest BCUT2D eigenvalue weighted by molar-refractivity contribution is 7.89. The summed E-state index contributed by atoms with van der Waals surface area (Å²) in [7, 11) is 0.0602. The van der Waals surface area contributed by atoms with Gasteiger partial charge in [-0.05, 0) is 24.3 Å². The van der Waals surface area contributed by atoms with E-state index in [0.717, 1.165) is 0 Å². The zero-order chi connectivity index (χ0) is 20.7. The fourth-order valence-electron chi connectivity index (χ4n) is 2.30. The quantitative estimate of drug-likeness (QED) is 0.634. The monoisotopic (exact) mass is 408 g/mol. The Kier molecular flexibility index (Phi) is 6.96. The number of amides is 1. The number of esters is 1. The topological polar surface area (TPSA) is 120 Å². The highest BCUT2D eigenvalue weighted by atomic mass is 32.2. The number of hydrogen-bond acceptors (Lipinski definition) is 7. The van der Waals surface area contributed by atoms with Gasteiger partial charge in [-0.2, -0.15) is 0 Å². The van der Waals surface area contributed by atoms with Gasteiger partial charge in [0.25, 0.3) is 0 Å². The van der Waals surface area contributed by atoms with E-state index in [1.54, 1.807) is 12.1 Å². The van der Waals surface area contributed by atoms with Crippen LogP contribution < -0.4 is 19.5 Å². The van der Waals surface area contributed by atoms with Crippen LogP contribution in [0, 0.1) is 0 Å². The summed E-state index contributed by atoms with van der Waals surface area (Å²) >= 11 is 0. The maximum Gasteiger partial charge on any atom is 0.339 e. The summed E-state index contributed by atoms with van der Waals surface area (Å²) < 4.78 is 41.8. The lowest BCUT2D eigenvalue weighted by molar-refractivity contribution is -0.115. The highest BCUT2D eigenvalue weighted by Gasteiger charge is 2.19. The summed E-state index contributed by atoms with van der Waals surface area (Å²) in [6.45, 7) is -0.536. The smallest absolute Gasteiger partial charge is 0.339 e. The second kappa shape index (κ2) is 9.20. The molecule has 0 bridgehead atoms. The van der Waals surface area contributed by atoms with Gasteiger partial charge in [0, 0.05) is 6.07 Å². The van der Waals surface area contributed by atoms with Gasteiger partial charge in [0.1, 0.15) is 0 Å². The van der Waals surface area contributed by atoms with Gasteiger partial charge in [0.05, 0.1) is 44.0 Å². The number of carbonyl (C=O) groups excluding carboxylic acids is 2. The molecule has 9 nitrogen and oxygen atoms in total. The summed E-state index contributed by atoms with van der Waals surface area (Å²) in [5.41, 5.74) is 0.366. The Balaban J connectivity index is 2.09. The molecule has 150 valence electrons. The first-order valence-corrected chi connectivity index (χ1v) is 9.49. The van der Waals surface area contributed by atoms with Gasteiger partial charge in [-0.1, -0.05) is 12.1 Å². The van der Waals surface area contributed by atoms with Crippen LogP contribution in [0.1, 0.15) is 10.4 Å². The van der Waals surface area contributed by atoms with Crippen molar-refractivity contribution in [2.45, 2.75) is 4.90 Å². The molecule has 0 aliphatic heterocycles. The zero-order valence-corrected chi connectivity index (χ0v) is 16.3. The summed E-state index contributed by atoms with van der Waals surface area (Å²) in [5.74, 6) is -0.664. The number of carbonyl (C=O) groups is 2. The molecule has 10 heteroatoms. The molecule has 1 amide bonds. The van der Waals surface area contributed by atoms with Crippen LogP contribution in [-0.2, 0) is 19.6 Å². The van der Waals surface area contributed by atoms with Crippen molar-refractivity contribution in [3.8, 4) is 11.5 Å². The number of rotatable bonds is 8. The fourth-order valence-corrected chi connectivity index (χ4v) is 3.30. The Morgan fingerprint density at radius 3 is 2.29 bits per heavy atom. The molecule has 0 heterocycles. The minimum absolute atomic E-state index is 0.0899. The van der Waals surface area contributed by atoms with E-state index in [0.29, 0.717) is 5.75 Å². The Labute approximate surface area is 162 Å². The molecule has 0 radical (unpaired) electrons. The van der Waals surface area contributed by atoms with Crippen LogP contribution in [0.2, 0.25) is 0 Å². The van der Waals surface area contributed by atoms with Gasteiger partial charge in [-0.25, -0.2) is 17.9 Å². The van der Waals surface area contributed by atoms with Crippen molar-refractivity contribution in [2.75, 3.05) is 33.2 Å². The van der Waals surface area contributed by atoms with Crippen molar-refractivity contribution in [3.63, 3.8) is 0 Å². The average molecular weight is 408 g/mol. The van der Waals surface area contributed by atoms with Crippen LogP contribution in [0.4, 0.5) is 5.69 Å². The summed E-state index contributed by atoms with van der Waals surface area (Å²) in [5, 5.41) is 2.48. The van der Waals surface area contributed by atoms with Crippen LogP contribution >= 0.6 is 0 Å². The van der Waals surface area contributed by atoms with Gasteiger partial charge in [0.15, 0.2) is 11.5 Å². The number of sulfonamides is 1. The molecule has 28 heavy (non-hydrogen) atoms. The van der Waals surface area contributed by atoms with Gasteiger partial charge in [-0.3, -0.25) is 4.79 Å². The maximum absolute atomic E-state index is 12.4. The maximum atomic E-state index is 12.4. The summed E-state index contributed by atoms with van der Waals surface area (Å²) in [6.07, 6.45) is 0. The van der Waals surface area contributed by atoms with E-state index in [-0.39, 0.29) is 21.9 Å². The van der Waals surface area contributed by atoms with Crippen LogP contribution in [0.15, 0.2) is 47.4 Å². The number of ether oxygens (including phenoxy) is 3. The Hall–Kier alpha value is -3.11. The molecular weight excluding hydrogens is 388 g/mol. The third-order valence-corrected chi connectivity index (χ3v) is 5.09. The number of methoxy groups -OCH3 is 3. The number of benzene rings is 2. The van der Waals surface area contributed by atoms with Gasteiger partial charge in [0.2, 0.25) is 15.9 Å². The molecule has 0 unspecified atom stereocenters. The van der Waals surface area contributed by atoms with Gasteiger partial charge >= 0.3 is 5.97 Å². The number of nitrogens with one attached hydrogen (secondary N) is 2. The molecule has 0 fully saturated rings. The van der Waals surface area contributed by atoms with Crippen molar-refractivity contribution in [1.29, 1.82) is 0 Å². The Bertz CT molecular complexity index is 974. The van der Waals surface area contributed by atoms with Crippen molar-refractivity contribution >= 4 is 27.6 Å². The first kappa shape index (κ1) is 21.2. The average Bonchev–Trinajstić information content (AvgIpc) is 2.71.